The average molecular weight is 215 g/mol. The van der Waals surface area contributed by atoms with Crippen LogP contribution in [-0.2, 0) is 4.79 Å². The Hall–Kier alpha value is -0.610. The molecule has 0 bridgehead atoms. The van der Waals surface area contributed by atoms with Crippen molar-refractivity contribution in [1.29, 1.82) is 0 Å². The first-order chi connectivity index (χ1) is 6.84. The minimum absolute atomic E-state index is 0.0521. The number of carbonyl (C=O) groups is 1. The summed E-state index contributed by atoms with van der Waals surface area (Å²) in [5.41, 5.74) is 5.67. The molecule has 3 atom stereocenters. The van der Waals surface area contributed by atoms with E-state index in [0.717, 1.165) is 13.0 Å². The SMILES string of the molecule is CC(CCN(C)C)NC(=O)C(C)C(C)N. The van der Waals surface area contributed by atoms with Crippen molar-refractivity contribution in [2.24, 2.45) is 11.7 Å². The molecule has 0 aromatic heterocycles. The minimum Gasteiger partial charge on any atom is -0.353 e. The van der Waals surface area contributed by atoms with Gasteiger partial charge in [0.1, 0.15) is 0 Å². The standard InChI is InChI=1S/C11H25N3O/c1-8(6-7-14(4)5)13-11(15)9(2)10(3)12/h8-10H,6-7,12H2,1-5H3,(H,13,15). The summed E-state index contributed by atoms with van der Waals surface area (Å²) in [6.45, 7) is 6.72. The van der Waals surface area contributed by atoms with Gasteiger partial charge in [0, 0.05) is 18.0 Å². The Kier molecular flexibility index (Phi) is 6.52. The van der Waals surface area contributed by atoms with Crippen LogP contribution in [0.4, 0.5) is 0 Å². The normalized spacial score (nSPS) is 17.3. The van der Waals surface area contributed by atoms with Crippen LogP contribution in [0.1, 0.15) is 27.2 Å². The van der Waals surface area contributed by atoms with Gasteiger partial charge in [0.2, 0.25) is 5.91 Å². The van der Waals surface area contributed by atoms with Crippen molar-refractivity contribution < 1.29 is 4.79 Å². The van der Waals surface area contributed by atoms with Crippen LogP contribution in [0.2, 0.25) is 0 Å². The number of nitrogens with zero attached hydrogens (tertiary/aromatic N) is 1. The van der Waals surface area contributed by atoms with E-state index in [1.165, 1.54) is 0 Å². The molecule has 0 heterocycles. The van der Waals surface area contributed by atoms with Gasteiger partial charge in [-0.3, -0.25) is 4.79 Å². The number of amides is 1. The van der Waals surface area contributed by atoms with E-state index in [1.807, 2.05) is 34.9 Å². The zero-order valence-electron chi connectivity index (χ0n) is 10.6. The molecule has 0 saturated carbocycles. The first kappa shape index (κ1) is 14.4. The lowest BCUT2D eigenvalue weighted by atomic mass is 10.0. The average Bonchev–Trinajstić information content (AvgIpc) is 2.13. The minimum atomic E-state index is -0.119. The molecule has 0 aromatic rings. The number of hydrogen-bond acceptors (Lipinski definition) is 3. The zero-order valence-corrected chi connectivity index (χ0v) is 10.6. The maximum atomic E-state index is 11.6. The highest BCUT2D eigenvalue weighted by atomic mass is 16.1. The van der Waals surface area contributed by atoms with Gasteiger partial charge in [-0.25, -0.2) is 0 Å². The Morgan fingerprint density at radius 1 is 1.33 bits per heavy atom. The highest BCUT2D eigenvalue weighted by Crippen LogP contribution is 2.01. The molecule has 3 N–H and O–H groups in total. The molecule has 90 valence electrons. The number of carbonyl (C=O) groups excluding carboxylic acids is 1. The van der Waals surface area contributed by atoms with Crippen LogP contribution >= 0.6 is 0 Å². The predicted octanol–water partition coefficient (Wildman–Crippen LogP) is 0.426. The predicted molar refractivity (Wildman–Crippen MR) is 63.6 cm³/mol. The lowest BCUT2D eigenvalue weighted by Crippen LogP contribution is -2.43. The molecule has 1 amide bonds. The van der Waals surface area contributed by atoms with E-state index in [1.54, 1.807) is 0 Å². The molecule has 0 aliphatic rings. The molecule has 15 heavy (non-hydrogen) atoms. The number of hydrogen-bond donors (Lipinski definition) is 2. The van der Waals surface area contributed by atoms with Crippen molar-refractivity contribution in [3.63, 3.8) is 0 Å². The van der Waals surface area contributed by atoms with Crippen LogP contribution in [0, 0.1) is 5.92 Å². The molecule has 0 spiro atoms. The van der Waals surface area contributed by atoms with E-state index in [4.69, 9.17) is 5.73 Å². The van der Waals surface area contributed by atoms with Gasteiger partial charge in [0.05, 0.1) is 0 Å². The largest absolute Gasteiger partial charge is 0.353 e. The van der Waals surface area contributed by atoms with Crippen LogP contribution in [0.3, 0.4) is 0 Å². The monoisotopic (exact) mass is 215 g/mol. The fourth-order valence-electron chi connectivity index (χ4n) is 1.14. The topological polar surface area (TPSA) is 58.4 Å². The molecule has 4 nitrogen and oxygen atoms in total. The van der Waals surface area contributed by atoms with Crippen molar-refractivity contribution in [2.75, 3.05) is 20.6 Å². The van der Waals surface area contributed by atoms with E-state index < -0.39 is 0 Å². The van der Waals surface area contributed by atoms with E-state index in [-0.39, 0.29) is 23.9 Å². The Morgan fingerprint density at radius 3 is 2.27 bits per heavy atom. The van der Waals surface area contributed by atoms with Crippen LogP contribution in [0.5, 0.6) is 0 Å². The van der Waals surface area contributed by atoms with Gasteiger partial charge in [0.25, 0.3) is 0 Å². The molecule has 0 aromatic carbocycles. The molecular weight excluding hydrogens is 190 g/mol. The molecule has 0 aliphatic carbocycles. The van der Waals surface area contributed by atoms with Crippen molar-refractivity contribution in [2.45, 2.75) is 39.3 Å². The molecule has 4 heteroatoms. The first-order valence-corrected chi connectivity index (χ1v) is 5.55. The van der Waals surface area contributed by atoms with Crippen LogP contribution < -0.4 is 11.1 Å². The number of nitrogens with one attached hydrogen (secondary N) is 1. The molecule has 0 fully saturated rings. The summed E-state index contributed by atoms with van der Waals surface area (Å²) in [5, 5.41) is 2.97. The van der Waals surface area contributed by atoms with Gasteiger partial charge in [0.15, 0.2) is 0 Å². The molecule has 3 unspecified atom stereocenters. The number of nitrogens with two attached hydrogens (primary N) is 1. The van der Waals surface area contributed by atoms with E-state index in [2.05, 4.69) is 10.2 Å². The zero-order chi connectivity index (χ0) is 12.0. The lowest BCUT2D eigenvalue weighted by molar-refractivity contribution is -0.125. The first-order valence-electron chi connectivity index (χ1n) is 5.55. The smallest absolute Gasteiger partial charge is 0.224 e. The maximum Gasteiger partial charge on any atom is 0.224 e. The van der Waals surface area contributed by atoms with Gasteiger partial charge in [-0.15, -0.1) is 0 Å². The maximum absolute atomic E-state index is 11.6. The summed E-state index contributed by atoms with van der Waals surface area (Å²) in [6.07, 6.45) is 0.963. The van der Waals surface area contributed by atoms with Gasteiger partial charge < -0.3 is 16.0 Å². The third kappa shape index (κ3) is 6.47. The van der Waals surface area contributed by atoms with Gasteiger partial charge in [-0.2, -0.15) is 0 Å². The van der Waals surface area contributed by atoms with Crippen LogP contribution in [0.15, 0.2) is 0 Å². The van der Waals surface area contributed by atoms with Crippen molar-refractivity contribution >= 4 is 5.91 Å². The summed E-state index contributed by atoms with van der Waals surface area (Å²) in [7, 11) is 4.05. The Morgan fingerprint density at radius 2 is 1.87 bits per heavy atom. The third-order valence-electron chi connectivity index (χ3n) is 2.60. The Bertz CT molecular complexity index is 192. The summed E-state index contributed by atoms with van der Waals surface area (Å²) < 4.78 is 0. The van der Waals surface area contributed by atoms with Crippen molar-refractivity contribution in [3.8, 4) is 0 Å². The summed E-state index contributed by atoms with van der Waals surface area (Å²) in [4.78, 5) is 13.7. The second kappa shape index (κ2) is 6.80. The molecule has 0 rings (SSSR count). The highest BCUT2D eigenvalue weighted by Gasteiger charge is 2.18. The Balaban J connectivity index is 3.85. The van der Waals surface area contributed by atoms with E-state index >= 15 is 0 Å². The Labute approximate surface area is 93.2 Å². The fourth-order valence-corrected chi connectivity index (χ4v) is 1.14. The van der Waals surface area contributed by atoms with Crippen molar-refractivity contribution in [3.05, 3.63) is 0 Å². The van der Waals surface area contributed by atoms with Gasteiger partial charge >= 0.3 is 0 Å². The molecule has 0 aliphatic heterocycles. The molecular formula is C11H25N3O. The van der Waals surface area contributed by atoms with Gasteiger partial charge in [-0.05, 0) is 40.9 Å². The van der Waals surface area contributed by atoms with Crippen molar-refractivity contribution in [1.82, 2.24) is 10.2 Å². The third-order valence-corrected chi connectivity index (χ3v) is 2.60. The summed E-state index contributed by atoms with van der Waals surface area (Å²) in [6, 6.07) is 0.118. The summed E-state index contributed by atoms with van der Waals surface area (Å²) in [5.74, 6) is -0.0666. The molecule has 0 radical (unpaired) electrons. The fraction of sp³-hybridized carbons (Fsp3) is 0.909. The van der Waals surface area contributed by atoms with Crippen LogP contribution in [-0.4, -0.2) is 43.5 Å². The second-order valence-electron chi connectivity index (χ2n) is 4.65. The lowest BCUT2D eigenvalue weighted by Gasteiger charge is -2.20. The summed E-state index contributed by atoms with van der Waals surface area (Å²) >= 11 is 0. The molecule has 0 saturated heterocycles. The highest BCUT2D eigenvalue weighted by molar-refractivity contribution is 5.79. The quantitative estimate of drug-likeness (QED) is 0.675. The van der Waals surface area contributed by atoms with Gasteiger partial charge in [-0.1, -0.05) is 6.92 Å². The van der Waals surface area contributed by atoms with E-state index in [9.17, 15) is 4.79 Å². The van der Waals surface area contributed by atoms with Crippen LogP contribution in [0.25, 0.3) is 0 Å². The second-order valence-corrected chi connectivity index (χ2v) is 4.65. The number of rotatable bonds is 6. The van der Waals surface area contributed by atoms with E-state index in [0.29, 0.717) is 0 Å².